The van der Waals surface area contributed by atoms with E-state index in [9.17, 15) is 9.59 Å². The van der Waals surface area contributed by atoms with Crippen molar-refractivity contribution in [2.75, 3.05) is 24.7 Å². The van der Waals surface area contributed by atoms with Gasteiger partial charge in [-0.1, -0.05) is 32.6 Å². The summed E-state index contributed by atoms with van der Waals surface area (Å²) in [4.78, 5) is 24.4. The Hall–Kier alpha value is -2.15. The second-order valence-corrected chi connectivity index (χ2v) is 7.25. The summed E-state index contributed by atoms with van der Waals surface area (Å²) in [5, 5.41) is 5.38. The fourth-order valence-electron chi connectivity index (χ4n) is 2.67. The van der Waals surface area contributed by atoms with E-state index in [4.69, 9.17) is 9.47 Å². The number of ether oxygens (including phenoxy) is 2. The maximum Gasteiger partial charge on any atom is 0.319 e. The third-order valence-corrected chi connectivity index (χ3v) is 4.78. The number of urea groups is 1. The van der Waals surface area contributed by atoms with Crippen LogP contribution in [-0.4, -0.2) is 36.7 Å². The SMILES string of the molecule is C=C1NC(=O)N[C@@H](c2ccc(OCCC)cc2)[C@@H]1C(=O)OCCSCC. The molecule has 1 aromatic rings. The van der Waals surface area contributed by atoms with Crippen LogP contribution in [0.2, 0.25) is 0 Å². The van der Waals surface area contributed by atoms with Crippen LogP contribution in [0, 0.1) is 5.92 Å². The molecule has 0 aromatic heterocycles. The van der Waals surface area contributed by atoms with Crippen LogP contribution in [0.25, 0.3) is 0 Å². The lowest BCUT2D eigenvalue weighted by Gasteiger charge is -2.33. The molecule has 0 unspecified atom stereocenters. The van der Waals surface area contributed by atoms with Crippen molar-refractivity contribution in [2.24, 2.45) is 5.92 Å². The van der Waals surface area contributed by atoms with Gasteiger partial charge in [0.1, 0.15) is 18.3 Å². The minimum Gasteiger partial charge on any atom is -0.494 e. The Balaban J connectivity index is 2.12. The minimum atomic E-state index is -0.679. The van der Waals surface area contributed by atoms with Gasteiger partial charge in [0, 0.05) is 11.4 Å². The predicted molar refractivity (Wildman–Crippen MR) is 103 cm³/mol. The summed E-state index contributed by atoms with van der Waals surface area (Å²) in [6.07, 6.45) is 0.927. The number of esters is 1. The number of benzene rings is 1. The van der Waals surface area contributed by atoms with Crippen molar-refractivity contribution in [3.63, 3.8) is 0 Å². The van der Waals surface area contributed by atoms with E-state index in [0.29, 0.717) is 18.9 Å². The molecule has 1 heterocycles. The van der Waals surface area contributed by atoms with Gasteiger partial charge >= 0.3 is 12.0 Å². The quantitative estimate of drug-likeness (QED) is 0.509. The van der Waals surface area contributed by atoms with Crippen molar-refractivity contribution in [1.82, 2.24) is 10.6 Å². The van der Waals surface area contributed by atoms with E-state index in [1.807, 2.05) is 31.2 Å². The van der Waals surface area contributed by atoms with E-state index in [-0.39, 0.29) is 6.03 Å². The van der Waals surface area contributed by atoms with Crippen molar-refractivity contribution in [3.8, 4) is 5.75 Å². The molecule has 26 heavy (non-hydrogen) atoms. The Morgan fingerprint density at radius 2 is 1.96 bits per heavy atom. The molecule has 1 fully saturated rings. The Labute approximate surface area is 158 Å². The van der Waals surface area contributed by atoms with Gasteiger partial charge < -0.3 is 20.1 Å². The van der Waals surface area contributed by atoms with Gasteiger partial charge in [0.2, 0.25) is 0 Å². The maximum atomic E-state index is 12.6. The number of nitrogens with one attached hydrogen (secondary N) is 2. The number of rotatable bonds is 9. The Bertz CT molecular complexity index is 633. The van der Waals surface area contributed by atoms with Crippen LogP contribution < -0.4 is 15.4 Å². The lowest BCUT2D eigenvalue weighted by atomic mass is 9.89. The monoisotopic (exact) mass is 378 g/mol. The highest BCUT2D eigenvalue weighted by Gasteiger charge is 2.38. The van der Waals surface area contributed by atoms with E-state index in [0.717, 1.165) is 29.2 Å². The molecule has 0 radical (unpaired) electrons. The highest BCUT2D eigenvalue weighted by atomic mass is 32.2. The summed E-state index contributed by atoms with van der Waals surface area (Å²) < 4.78 is 11.0. The zero-order valence-electron chi connectivity index (χ0n) is 15.2. The number of thioether (sulfide) groups is 1. The molecule has 2 N–H and O–H groups in total. The maximum absolute atomic E-state index is 12.6. The van der Waals surface area contributed by atoms with Crippen LogP contribution in [0.3, 0.4) is 0 Å². The molecule has 2 rings (SSSR count). The third kappa shape index (κ3) is 5.42. The molecule has 7 heteroatoms. The molecule has 1 aromatic carbocycles. The summed E-state index contributed by atoms with van der Waals surface area (Å²) in [6.45, 7) is 8.92. The first kappa shape index (κ1) is 20.2. The second-order valence-electron chi connectivity index (χ2n) is 5.86. The average molecular weight is 378 g/mol. The fourth-order valence-corrected chi connectivity index (χ4v) is 3.16. The number of carbonyl (C=O) groups excluding carboxylic acids is 2. The van der Waals surface area contributed by atoms with E-state index in [2.05, 4.69) is 24.1 Å². The molecule has 6 nitrogen and oxygen atoms in total. The largest absolute Gasteiger partial charge is 0.494 e. The Morgan fingerprint density at radius 1 is 1.23 bits per heavy atom. The predicted octanol–water partition coefficient (Wildman–Crippen LogP) is 3.26. The van der Waals surface area contributed by atoms with Crippen LogP contribution in [0.5, 0.6) is 5.75 Å². The number of hydrogen-bond donors (Lipinski definition) is 2. The molecule has 0 spiro atoms. The second kappa shape index (κ2) is 10.1. The average Bonchev–Trinajstić information content (AvgIpc) is 2.63. The van der Waals surface area contributed by atoms with Crippen molar-refractivity contribution >= 4 is 23.8 Å². The van der Waals surface area contributed by atoms with Crippen molar-refractivity contribution in [2.45, 2.75) is 26.3 Å². The van der Waals surface area contributed by atoms with Crippen LogP contribution in [0.4, 0.5) is 4.79 Å². The van der Waals surface area contributed by atoms with E-state index >= 15 is 0 Å². The normalized spacial score (nSPS) is 19.5. The highest BCUT2D eigenvalue weighted by Crippen LogP contribution is 2.31. The van der Waals surface area contributed by atoms with Crippen LogP contribution in [-0.2, 0) is 9.53 Å². The first-order valence-corrected chi connectivity index (χ1v) is 9.95. The van der Waals surface area contributed by atoms with Crippen molar-refractivity contribution < 1.29 is 19.1 Å². The molecule has 2 atom stereocenters. The molecule has 1 aliphatic rings. The molecule has 142 valence electrons. The molecule has 0 aliphatic carbocycles. The van der Waals surface area contributed by atoms with Crippen LogP contribution in [0.15, 0.2) is 36.5 Å². The first-order valence-electron chi connectivity index (χ1n) is 8.80. The minimum absolute atomic E-state index is 0.339. The van der Waals surface area contributed by atoms with Gasteiger partial charge in [0.15, 0.2) is 0 Å². The summed E-state index contributed by atoms with van der Waals surface area (Å²) in [5.74, 6) is 1.40. The van der Waals surface area contributed by atoms with E-state index in [1.54, 1.807) is 11.8 Å². The zero-order valence-corrected chi connectivity index (χ0v) is 16.1. The molecule has 1 saturated heterocycles. The summed E-state index contributed by atoms with van der Waals surface area (Å²) in [6, 6.07) is 6.47. The van der Waals surface area contributed by atoms with Gasteiger partial charge in [-0.15, -0.1) is 0 Å². The lowest BCUT2D eigenvalue weighted by molar-refractivity contribution is -0.147. The smallest absolute Gasteiger partial charge is 0.319 e. The fraction of sp³-hybridized carbons (Fsp3) is 0.474. The van der Waals surface area contributed by atoms with Crippen molar-refractivity contribution in [3.05, 3.63) is 42.1 Å². The van der Waals surface area contributed by atoms with Crippen LogP contribution >= 0.6 is 11.8 Å². The molecule has 0 bridgehead atoms. The van der Waals surface area contributed by atoms with Crippen molar-refractivity contribution in [1.29, 1.82) is 0 Å². The number of carbonyl (C=O) groups is 2. The highest BCUT2D eigenvalue weighted by molar-refractivity contribution is 7.99. The molecule has 2 amide bonds. The van der Waals surface area contributed by atoms with E-state index < -0.39 is 17.9 Å². The topological polar surface area (TPSA) is 76.7 Å². The van der Waals surface area contributed by atoms with E-state index in [1.165, 1.54) is 0 Å². The van der Waals surface area contributed by atoms with Gasteiger partial charge in [-0.2, -0.15) is 11.8 Å². The van der Waals surface area contributed by atoms with Gasteiger partial charge in [-0.3, -0.25) is 4.79 Å². The molecule has 0 saturated carbocycles. The van der Waals surface area contributed by atoms with Gasteiger partial charge in [0.25, 0.3) is 0 Å². The number of hydrogen-bond acceptors (Lipinski definition) is 5. The van der Waals surface area contributed by atoms with Gasteiger partial charge in [-0.05, 0) is 29.9 Å². The lowest BCUT2D eigenvalue weighted by Crippen LogP contribution is -2.51. The van der Waals surface area contributed by atoms with Crippen LogP contribution in [0.1, 0.15) is 31.9 Å². The standard InChI is InChI=1S/C19H26N2O4S/c1-4-10-24-15-8-6-14(7-9-15)17-16(13(3)20-19(23)21-17)18(22)25-11-12-26-5-2/h6-9,16-17H,3-5,10-12H2,1-2H3,(H2,20,21,23)/t16-,17+/m1/s1. The molecular weight excluding hydrogens is 352 g/mol. The Morgan fingerprint density at radius 3 is 2.62 bits per heavy atom. The summed E-state index contributed by atoms with van der Waals surface area (Å²) in [5.41, 5.74) is 1.15. The van der Waals surface area contributed by atoms with Gasteiger partial charge in [0.05, 0.1) is 12.6 Å². The van der Waals surface area contributed by atoms with Gasteiger partial charge in [-0.25, -0.2) is 4.79 Å². The Kier molecular flexibility index (Phi) is 7.84. The summed E-state index contributed by atoms with van der Waals surface area (Å²) >= 11 is 1.70. The number of amides is 2. The first-order chi connectivity index (χ1) is 12.6. The summed E-state index contributed by atoms with van der Waals surface area (Å²) in [7, 11) is 0. The third-order valence-electron chi connectivity index (χ3n) is 3.91. The molecule has 1 aliphatic heterocycles. The zero-order chi connectivity index (χ0) is 18.9. The molecular formula is C19H26N2O4S.